The van der Waals surface area contributed by atoms with Crippen LogP contribution in [0.15, 0.2) is 22.7 Å². The van der Waals surface area contributed by atoms with Gasteiger partial charge in [-0.15, -0.1) is 0 Å². The SMILES string of the molecule is O=C(O)C1CCC(c2nc3cc(Br)ccc3n2C2CC2)O1. The van der Waals surface area contributed by atoms with Gasteiger partial charge in [-0.25, -0.2) is 9.78 Å². The predicted molar refractivity (Wildman–Crippen MR) is 80.2 cm³/mol. The Morgan fingerprint density at radius 3 is 2.81 bits per heavy atom. The average molecular weight is 351 g/mol. The molecule has 1 N–H and O–H groups in total. The molecule has 110 valence electrons. The Hall–Kier alpha value is -1.40. The van der Waals surface area contributed by atoms with Gasteiger partial charge in [0.15, 0.2) is 6.10 Å². The van der Waals surface area contributed by atoms with Crippen LogP contribution in [0.4, 0.5) is 0 Å². The molecule has 1 aromatic heterocycles. The first kappa shape index (κ1) is 13.3. The number of hydrogen-bond acceptors (Lipinski definition) is 3. The molecular formula is C15H15BrN2O3. The summed E-state index contributed by atoms with van der Waals surface area (Å²) >= 11 is 3.47. The zero-order valence-corrected chi connectivity index (χ0v) is 12.9. The Morgan fingerprint density at radius 2 is 2.14 bits per heavy atom. The van der Waals surface area contributed by atoms with E-state index in [0.29, 0.717) is 18.9 Å². The summed E-state index contributed by atoms with van der Waals surface area (Å²) in [5.41, 5.74) is 2.05. The van der Waals surface area contributed by atoms with Crippen LogP contribution >= 0.6 is 15.9 Å². The molecule has 1 aliphatic heterocycles. The molecule has 6 heteroatoms. The number of ether oxygens (including phenoxy) is 1. The summed E-state index contributed by atoms with van der Waals surface area (Å²) < 4.78 is 8.94. The van der Waals surface area contributed by atoms with Gasteiger partial charge in [-0.2, -0.15) is 0 Å². The van der Waals surface area contributed by atoms with E-state index in [9.17, 15) is 4.79 Å². The van der Waals surface area contributed by atoms with Gasteiger partial charge >= 0.3 is 5.97 Å². The standard InChI is InChI=1S/C15H15BrN2O3/c16-8-1-4-11-10(7-8)17-14(18(11)9-2-3-9)12-5-6-13(21-12)15(19)20/h1,4,7,9,12-13H,2-3,5-6H2,(H,19,20). The number of benzene rings is 1. The van der Waals surface area contributed by atoms with E-state index in [1.807, 2.05) is 12.1 Å². The second-order valence-electron chi connectivity index (χ2n) is 5.73. The first-order valence-corrected chi connectivity index (χ1v) is 7.98. The Morgan fingerprint density at radius 1 is 1.33 bits per heavy atom. The maximum atomic E-state index is 11.1. The number of hydrogen-bond donors (Lipinski definition) is 1. The second kappa shape index (κ2) is 4.81. The summed E-state index contributed by atoms with van der Waals surface area (Å²) in [6.07, 6.45) is 2.67. The van der Waals surface area contributed by atoms with Crippen LogP contribution in [0.5, 0.6) is 0 Å². The maximum Gasteiger partial charge on any atom is 0.332 e. The average Bonchev–Trinajstić information content (AvgIpc) is 3.02. The van der Waals surface area contributed by atoms with E-state index in [1.54, 1.807) is 0 Å². The lowest BCUT2D eigenvalue weighted by atomic mass is 10.2. The second-order valence-corrected chi connectivity index (χ2v) is 6.65. The van der Waals surface area contributed by atoms with Crippen LogP contribution in [-0.4, -0.2) is 26.7 Å². The number of carbonyl (C=O) groups is 1. The summed E-state index contributed by atoms with van der Waals surface area (Å²) in [6.45, 7) is 0. The summed E-state index contributed by atoms with van der Waals surface area (Å²) in [7, 11) is 0. The molecule has 2 aliphatic rings. The minimum atomic E-state index is -0.880. The molecule has 2 atom stereocenters. The van der Waals surface area contributed by atoms with Crippen molar-refractivity contribution in [2.45, 2.75) is 43.9 Å². The van der Waals surface area contributed by atoms with Crippen LogP contribution in [-0.2, 0) is 9.53 Å². The number of carboxylic acid groups (broad SMARTS) is 1. The van der Waals surface area contributed by atoms with Gasteiger partial charge in [0.2, 0.25) is 0 Å². The van der Waals surface area contributed by atoms with Crippen molar-refractivity contribution < 1.29 is 14.6 Å². The van der Waals surface area contributed by atoms with Crippen LogP contribution in [0.2, 0.25) is 0 Å². The molecule has 0 bridgehead atoms. The predicted octanol–water partition coefficient (Wildman–Crippen LogP) is 3.44. The Kier molecular flexibility index (Phi) is 3.04. The number of aliphatic carboxylic acids is 1. The van der Waals surface area contributed by atoms with E-state index < -0.39 is 12.1 Å². The minimum Gasteiger partial charge on any atom is -0.479 e. The number of imidazole rings is 1. The third-order valence-corrected chi connectivity index (χ3v) is 4.67. The van der Waals surface area contributed by atoms with Crippen molar-refractivity contribution in [2.75, 3.05) is 0 Å². The Balaban J connectivity index is 1.77. The molecule has 2 heterocycles. The molecule has 4 rings (SSSR count). The summed E-state index contributed by atoms with van der Waals surface area (Å²) in [4.78, 5) is 15.8. The van der Waals surface area contributed by atoms with E-state index in [4.69, 9.17) is 14.8 Å². The van der Waals surface area contributed by atoms with Crippen LogP contribution < -0.4 is 0 Å². The molecule has 21 heavy (non-hydrogen) atoms. The lowest BCUT2D eigenvalue weighted by molar-refractivity contribution is -0.149. The van der Waals surface area contributed by atoms with E-state index in [0.717, 1.165) is 34.2 Å². The van der Waals surface area contributed by atoms with Crippen molar-refractivity contribution in [1.82, 2.24) is 9.55 Å². The van der Waals surface area contributed by atoms with Gasteiger partial charge in [0.05, 0.1) is 11.0 Å². The zero-order chi connectivity index (χ0) is 14.6. The largest absolute Gasteiger partial charge is 0.479 e. The van der Waals surface area contributed by atoms with Gasteiger partial charge in [0, 0.05) is 10.5 Å². The van der Waals surface area contributed by atoms with Gasteiger partial charge in [0.1, 0.15) is 11.9 Å². The van der Waals surface area contributed by atoms with E-state index >= 15 is 0 Å². The van der Waals surface area contributed by atoms with E-state index in [-0.39, 0.29) is 6.10 Å². The van der Waals surface area contributed by atoms with Gasteiger partial charge in [0.25, 0.3) is 0 Å². The van der Waals surface area contributed by atoms with Crippen molar-refractivity contribution in [3.8, 4) is 0 Å². The number of nitrogens with zero attached hydrogens (tertiary/aromatic N) is 2. The molecule has 1 aromatic carbocycles. The summed E-state index contributed by atoms with van der Waals surface area (Å²) in [5.74, 6) is 0.00341. The molecule has 0 spiro atoms. The fourth-order valence-corrected chi connectivity index (χ4v) is 3.39. The van der Waals surface area contributed by atoms with Gasteiger partial charge in [-0.05, 0) is 43.9 Å². The van der Waals surface area contributed by atoms with E-state index in [1.165, 1.54) is 0 Å². The monoisotopic (exact) mass is 350 g/mol. The highest BCUT2D eigenvalue weighted by molar-refractivity contribution is 9.10. The Bertz CT molecular complexity index is 723. The van der Waals surface area contributed by atoms with Gasteiger partial charge in [-0.3, -0.25) is 0 Å². The van der Waals surface area contributed by atoms with Crippen LogP contribution in [0.25, 0.3) is 11.0 Å². The van der Waals surface area contributed by atoms with Crippen LogP contribution in [0, 0.1) is 0 Å². The third-order valence-electron chi connectivity index (χ3n) is 4.17. The normalized spacial score (nSPS) is 25.6. The molecule has 2 unspecified atom stereocenters. The minimum absolute atomic E-state index is 0.210. The Labute approximate surface area is 130 Å². The topological polar surface area (TPSA) is 64.3 Å². The van der Waals surface area contributed by atoms with Crippen molar-refractivity contribution in [3.05, 3.63) is 28.5 Å². The quantitative estimate of drug-likeness (QED) is 0.920. The zero-order valence-electron chi connectivity index (χ0n) is 11.3. The molecule has 2 fully saturated rings. The molecule has 5 nitrogen and oxygen atoms in total. The van der Waals surface area contributed by atoms with Crippen molar-refractivity contribution >= 4 is 32.9 Å². The molecule has 0 amide bonds. The molecule has 1 saturated heterocycles. The summed E-state index contributed by atoms with van der Waals surface area (Å²) in [5, 5.41) is 9.09. The van der Waals surface area contributed by atoms with Crippen molar-refractivity contribution in [3.63, 3.8) is 0 Å². The fourth-order valence-electron chi connectivity index (χ4n) is 3.04. The van der Waals surface area contributed by atoms with E-state index in [2.05, 4.69) is 26.6 Å². The highest BCUT2D eigenvalue weighted by Crippen LogP contribution is 2.43. The number of carboxylic acids is 1. The van der Waals surface area contributed by atoms with Gasteiger partial charge < -0.3 is 14.4 Å². The first-order valence-electron chi connectivity index (χ1n) is 7.19. The fraction of sp³-hybridized carbons (Fsp3) is 0.467. The lowest BCUT2D eigenvalue weighted by Crippen LogP contribution is -2.19. The lowest BCUT2D eigenvalue weighted by Gasteiger charge is -2.13. The highest BCUT2D eigenvalue weighted by Gasteiger charge is 2.37. The smallest absolute Gasteiger partial charge is 0.332 e. The number of fused-ring (bicyclic) bond motifs is 1. The first-order chi connectivity index (χ1) is 10.1. The molecule has 2 aromatic rings. The van der Waals surface area contributed by atoms with Crippen molar-refractivity contribution in [1.29, 1.82) is 0 Å². The number of halogens is 1. The third kappa shape index (κ3) is 2.26. The van der Waals surface area contributed by atoms with Gasteiger partial charge in [-0.1, -0.05) is 15.9 Å². The van der Waals surface area contributed by atoms with Crippen LogP contribution in [0.3, 0.4) is 0 Å². The molecule has 0 radical (unpaired) electrons. The molecule has 1 aliphatic carbocycles. The number of aromatic nitrogens is 2. The molecule has 1 saturated carbocycles. The maximum absolute atomic E-state index is 11.1. The number of rotatable bonds is 3. The molecular weight excluding hydrogens is 336 g/mol. The van der Waals surface area contributed by atoms with Crippen molar-refractivity contribution in [2.24, 2.45) is 0 Å². The van der Waals surface area contributed by atoms with Crippen LogP contribution in [0.1, 0.15) is 43.7 Å². The summed E-state index contributed by atoms with van der Waals surface area (Å²) in [6, 6.07) is 6.57. The highest BCUT2D eigenvalue weighted by atomic mass is 79.9.